The van der Waals surface area contributed by atoms with Crippen LogP contribution in [0.25, 0.3) is 0 Å². The summed E-state index contributed by atoms with van der Waals surface area (Å²) in [5.41, 5.74) is 3.80. The second-order valence-corrected chi connectivity index (χ2v) is 8.74. The number of nitrogens with zero attached hydrogens (tertiary/aromatic N) is 1. The highest BCUT2D eigenvalue weighted by molar-refractivity contribution is 5.95. The fourth-order valence-corrected chi connectivity index (χ4v) is 3.58. The Morgan fingerprint density at radius 2 is 1.61 bits per heavy atom. The van der Waals surface area contributed by atoms with E-state index in [1.54, 1.807) is 0 Å². The zero-order chi connectivity index (χ0) is 20.3. The molecule has 1 N–H and O–H groups in total. The van der Waals surface area contributed by atoms with Gasteiger partial charge in [-0.05, 0) is 55.0 Å². The van der Waals surface area contributed by atoms with Crippen LogP contribution in [0.5, 0.6) is 0 Å². The maximum absolute atomic E-state index is 12.8. The summed E-state index contributed by atoms with van der Waals surface area (Å²) in [7, 11) is 0. The van der Waals surface area contributed by atoms with Gasteiger partial charge in [0, 0.05) is 30.3 Å². The van der Waals surface area contributed by atoms with Crippen molar-refractivity contribution in [2.45, 2.75) is 52.0 Å². The lowest BCUT2D eigenvalue weighted by Gasteiger charge is -2.32. The first-order chi connectivity index (χ1) is 13.2. The SMILES string of the molecule is Cc1cccc(C(=O)NC2CCN(C(=O)c3ccc(C(C)(C)C)cc3)CC2)c1. The third-order valence-electron chi connectivity index (χ3n) is 5.40. The van der Waals surface area contributed by atoms with Crippen molar-refractivity contribution in [2.75, 3.05) is 13.1 Å². The summed E-state index contributed by atoms with van der Waals surface area (Å²) in [6.07, 6.45) is 1.56. The van der Waals surface area contributed by atoms with Gasteiger partial charge in [-0.1, -0.05) is 50.6 Å². The molecule has 28 heavy (non-hydrogen) atoms. The van der Waals surface area contributed by atoms with Gasteiger partial charge in [0.2, 0.25) is 0 Å². The van der Waals surface area contributed by atoms with Crippen LogP contribution in [0.1, 0.15) is 65.5 Å². The largest absolute Gasteiger partial charge is 0.349 e. The molecular formula is C24H30N2O2. The lowest BCUT2D eigenvalue weighted by Crippen LogP contribution is -2.46. The number of aryl methyl sites for hydroxylation is 1. The number of carbonyl (C=O) groups is 2. The quantitative estimate of drug-likeness (QED) is 0.864. The second-order valence-electron chi connectivity index (χ2n) is 8.74. The molecule has 2 amide bonds. The Balaban J connectivity index is 1.54. The van der Waals surface area contributed by atoms with E-state index in [4.69, 9.17) is 0 Å². The first kappa shape index (κ1) is 20.1. The van der Waals surface area contributed by atoms with Gasteiger partial charge in [0.05, 0.1) is 0 Å². The van der Waals surface area contributed by atoms with Crippen molar-refractivity contribution in [3.8, 4) is 0 Å². The molecule has 1 heterocycles. The van der Waals surface area contributed by atoms with Crippen LogP contribution in [0.15, 0.2) is 48.5 Å². The first-order valence-electron chi connectivity index (χ1n) is 10.0. The molecule has 0 aliphatic carbocycles. The third kappa shape index (κ3) is 4.80. The van der Waals surface area contributed by atoms with Gasteiger partial charge in [-0.2, -0.15) is 0 Å². The summed E-state index contributed by atoms with van der Waals surface area (Å²) in [6.45, 7) is 9.81. The first-order valence-corrected chi connectivity index (χ1v) is 10.0. The monoisotopic (exact) mass is 378 g/mol. The predicted molar refractivity (Wildman–Crippen MR) is 113 cm³/mol. The van der Waals surface area contributed by atoms with E-state index < -0.39 is 0 Å². The second kappa shape index (κ2) is 8.17. The molecule has 4 nitrogen and oxygen atoms in total. The van der Waals surface area contributed by atoms with Gasteiger partial charge in [-0.25, -0.2) is 0 Å². The number of amides is 2. The van der Waals surface area contributed by atoms with Crippen LogP contribution in [0.4, 0.5) is 0 Å². The van der Waals surface area contributed by atoms with Crippen molar-refractivity contribution >= 4 is 11.8 Å². The van der Waals surface area contributed by atoms with Crippen LogP contribution < -0.4 is 5.32 Å². The van der Waals surface area contributed by atoms with Crippen molar-refractivity contribution < 1.29 is 9.59 Å². The van der Waals surface area contributed by atoms with Crippen LogP contribution >= 0.6 is 0 Å². The molecule has 1 fully saturated rings. The Morgan fingerprint density at radius 1 is 0.964 bits per heavy atom. The number of piperidine rings is 1. The van der Waals surface area contributed by atoms with E-state index in [1.807, 2.05) is 60.4 Å². The van der Waals surface area contributed by atoms with Crippen molar-refractivity contribution in [2.24, 2.45) is 0 Å². The Morgan fingerprint density at radius 3 is 2.18 bits per heavy atom. The van der Waals surface area contributed by atoms with Crippen molar-refractivity contribution in [3.05, 3.63) is 70.8 Å². The molecule has 0 atom stereocenters. The summed E-state index contributed by atoms with van der Waals surface area (Å²) >= 11 is 0. The lowest BCUT2D eigenvalue weighted by molar-refractivity contribution is 0.0698. The fraction of sp³-hybridized carbons (Fsp3) is 0.417. The molecule has 1 aliphatic heterocycles. The van der Waals surface area contributed by atoms with Crippen molar-refractivity contribution in [1.82, 2.24) is 10.2 Å². The molecule has 1 aliphatic rings. The molecule has 2 aromatic carbocycles. The normalized spacial score (nSPS) is 15.4. The Bertz CT molecular complexity index is 842. The zero-order valence-electron chi connectivity index (χ0n) is 17.3. The number of nitrogens with one attached hydrogen (secondary N) is 1. The average Bonchev–Trinajstić information content (AvgIpc) is 2.67. The third-order valence-corrected chi connectivity index (χ3v) is 5.40. The molecule has 4 heteroatoms. The highest BCUT2D eigenvalue weighted by atomic mass is 16.2. The maximum Gasteiger partial charge on any atom is 0.253 e. The summed E-state index contributed by atoms with van der Waals surface area (Å²) in [4.78, 5) is 27.1. The topological polar surface area (TPSA) is 49.4 Å². The molecule has 3 rings (SSSR count). The van der Waals surface area contributed by atoms with Gasteiger partial charge in [-0.3, -0.25) is 9.59 Å². The number of hydrogen-bond donors (Lipinski definition) is 1. The van der Waals surface area contributed by atoms with E-state index in [-0.39, 0.29) is 23.3 Å². The predicted octanol–water partition coefficient (Wildman–Crippen LogP) is 4.33. The number of likely N-dealkylation sites (tertiary alicyclic amines) is 1. The van der Waals surface area contributed by atoms with E-state index in [1.165, 1.54) is 5.56 Å². The molecule has 0 bridgehead atoms. The molecular weight excluding hydrogens is 348 g/mol. The molecule has 2 aromatic rings. The van der Waals surface area contributed by atoms with E-state index in [0.717, 1.165) is 24.0 Å². The Kier molecular flexibility index (Phi) is 5.87. The van der Waals surface area contributed by atoms with Crippen LogP contribution in [-0.2, 0) is 5.41 Å². The highest BCUT2D eigenvalue weighted by Crippen LogP contribution is 2.23. The zero-order valence-corrected chi connectivity index (χ0v) is 17.3. The molecule has 0 spiro atoms. The number of benzene rings is 2. The molecule has 0 aromatic heterocycles. The summed E-state index contributed by atoms with van der Waals surface area (Å²) in [5.74, 6) is 0.0372. The van der Waals surface area contributed by atoms with E-state index in [0.29, 0.717) is 18.7 Å². The van der Waals surface area contributed by atoms with Gasteiger partial charge in [0.25, 0.3) is 11.8 Å². The summed E-state index contributed by atoms with van der Waals surface area (Å²) in [6, 6.07) is 15.7. The molecule has 1 saturated heterocycles. The minimum Gasteiger partial charge on any atom is -0.349 e. The summed E-state index contributed by atoms with van der Waals surface area (Å²) in [5, 5.41) is 3.11. The fourth-order valence-electron chi connectivity index (χ4n) is 3.58. The van der Waals surface area contributed by atoms with Crippen LogP contribution in [0.3, 0.4) is 0 Å². The van der Waals surface area contributed by atoms with E-state index >= 15 is 0 Å². The highest BCUT2D eigenvalue weighted by Gasteiger charge is 2.25. The number of carbonyl (C=O) groups excluding carboxylic acids is 2. The minimum absolute atomic E-state index is 0.0359. The maximum atomic E-state index is 12.8. The number of rotatable bonds is 3. The minimum atomic E-state index is -0.0359. The van der Waals surface area contributed by atoms with Gasteiger partial charge >= 0.3 is 0 Å². The van der Waals surface area contributed by atoms with Crippen LogP contribution in [0, 0.1) is 6.92 Å². The average molecular weight is 379 g/mol. The van der Waals surface area contributed by atoms with Gasteiger partial charge in [0.15, 0.2) is 0 Å². The molecule has 0 unspecified atom stereocenters. The van der Waals surface area contributed by atoms with E-state index in [9.17, 15) is 9.59 Å². The smallest absolute Gasteiger partial charge is 0.253 e. The standard InChI is InChI=1S/C24H30N2O2/c1-17-6-5-7-19(16-17)22(27)25-21-12-14-26(15-13-21)23(28)18-8-10-20(11-9-18)24(2,3)4/h5-11,16,21H,12-15H2,1-4H3,(H,25,27). The van der Waals surface area contributed by atoms with Gasteiger partial charge in [0.1, 0.15) is 0 Å². The van der Waals surface area contributed by atoms with Crippen molar-refractivity contribution in [3.63, 3.8) is 0 Å². The van der Waals surface area contributed by atoms with Crippen LogP contribution in [0.2, 0.25) is 0 Å². The van der Waals surface area contributed by atoms with Gasteiger partial charge < -0.3 is 10.2 Å². The molecule has 0 saturated carbocycles. The van der Waals surface area contributed by atoms with Crippen molar-refractivity contribution in [1.29, 1.82) is 0 Å². The molecule has 0 radical (unpaired) electrons. The molecule has 148 valence electrons. The Labute approximate surface area is 167 Å². The lowest BCUT2D eigenvalue weighted by atomic mass is 9.86. The van der Waals surface area contributed by atoms with Gasteiger partial charge in [-0.15, -0.1) is 0 Å². The van der Waals surface area contributed by atoms with E-state index in [2.05, 4.69) is 26.1 Å². The van der Waals surface area contributed by atoms with Crippen LogP contribution in [-0.4, -0.2) is 35.8 Å². The Hall–Kier alpha value is -2.62. The number of hydrogen-bond acceptors (Lipinski definition) is 2. The summed E-state index contributed by atoms with van der Waals surface area (Å²) < 4.78 is 0.